The molecule has 2 atom stereocenters. The minimum Gasteiger partial charge on any atom is -0.351 e. The Hall–Kier alpha value is -3.03. The number of thiocarbonyl (C=S) groups is 1. The number of nitrogens with one attached hydrogen (secondary N) is 1. The number of hydrogen-bond donors (Lipinski definition) is 1. The first-order valence-electron chi connectivity index (χ1n) is 11.3. The molecule has 0 radical (unpaired) electrons. The summed E-state index contributed by atoms with van der Waals surface area (Å²) in [6.45, 7) is 7.24. The highest BCUT2D eigenvalue weighted by Crippen LogP contribution is 2.43. The number of anilines is 1. The summed E-state index contributed by atoms with van der Waals surface area (Å²) in [6.07, 6.45) is 5.58. The Morgan fingerprint density at radius 3 is 2.59 bits per heavy atom. The van der Waals surface area contributed by atoms with E-state index in [1.54, 1.807) is 0 Å². The van der Waals surface area contributed by atoms with E-state index in [0.717, 1.165) is 22.4 Å². The molecule has 0 aliphatic carbocycles. The second kappa shape index (κ2) is 9.31. The minimum atomic E-state index is -0.0648. The lowest BCUT2D eigenvalue weighted by atomic mass is 9.96. The van der Waals surface area contributed by atoms with Gasteiger partial charge in [0, 0.05) is 46.7 Å². The van der Waals surface area contributed by atoms with Crippen molar-refractivity contribution in [3.63, 3.8) is 0 Å². The van der Waals surface area contributed by atoms with Crippen LogP contribution < -0.4 is 10.2 Å². The molecule has 1 fully saturated rings. The zero-order chi connectivity index (χ0) is 23.8. The molecule has 172 valence electrons. The van der Waals surface area contributed by atoms with Crippen molar-refractivity contribution in [3.8, 4) is 0 Å². The minimum absolute atomic E-state index is 0.0307. The van der Waals surface area contributed by atoms with E-state index in [1.807, 2.05) is 36.8 Å². The number of aromatic nitrogens is 3. The summed E-state index contributed by atoms with van der Waals surface area (Å²) in [5.41, 5.74) is 8.06. The van der Waals surface area contributed by atoms with E-state index in [9.17, 15) is 0 Å². The summed E-state index contributed by atoms with van der Waals surface area (Å²) in [5, 5.41) is 4.28. The lowest BCUT2D eigenvalue weighted by molar-refractivity contribution is 0.563. The average molecular weight is 533 g/mol. The van der Waals surface area contributed by atoms with E-state index in [0.29, 0.717) is 5.11 Å². The molecule has 0 bridgehead atoms. The zero-order valence-corrected chi connectivity index (χ0v) is 21.8. The highest BCUT2D eigenvalue weighted by molar-refractivity contribution is 9.10. The van der Waals surface area contributed by atoms with Gasteiger partial charge in [-0.05, 0) is 92.1 Å². The third kappa shape index (κ3) is 4.14. The van der Waals surface area contributed by atoms with Gasteiger partial charge in [-0.2, -0.15) is 0 Å². The first kappa shape index (κ1) is 22.7. The van der Waals surface area contributed by atoms with Crippen LogP contribution in [0.5, 0.6) is 0 Å². The Morgan fingerprint density at radius 2 is 1.88 bits per heavy atom. The van der Waals surface area contributed by atoms with Crippen molar-refractivity contribution in [2.24, 2.45) is 0 Å². The largest absolute Gasteiger partial charge is 0.351 e. The van der Waals surface area contributed by atoms with Crippen LogP contribution in [0.2, 0.25) is 0 Å². The van der Waals surface area contributed by atoms with E-state index < -0.39 is 0 Å². The average Bonchev–Trinajstić information content (AvgIpc) is 3.33. The molecule has 1 aliphatic heterocycles. The van der Waals surface area contributed by atoms with Crippen molar-refractivity contribution in [1.29, 1.82) is 0 Å². The number of hydrogen-bond acceptors (Lipinski definition) is 3. The molecule has 4 aromatic rings. The molecule has 3 aromatic heterocycles. The molecule has 34 heavy (non-hydrogen) atoms. The summed E-state index contributed by atoms with van der Waals surface area (Å²) in [7, 11) is 0. The zero-order valence-electron chi connectivity index (χ0n) is 19.4. The van der Waals surface area contributed by atoms with E-state index in [4.69, 9.17) is 12.2 Å². The van der Waals surface area contributed by atoms with Gasteiger partial charge in [-0.3, -0.25) is 9.97 Å². The molecule has 0 amide bonds. The molecule has 4 heterocycles. The van der Waals surface area contributed by atoms with Crippen molar-refractivity contribution in [2.45, 2.75) is 39.4 Å². The van der Waals surface area contributed by atoms with E-state index >= 15 is 0 Å². The normalized spacial score (nSPS) is 17.8. The molecule has 5 rings (SSSR count). The Balaban J connectivity index is 1.63. The quantitative estimate of drug-likeness (QED) is 0.311. The van der Waals surface area contributed by atoms with Crippen molar-refractivity contribution in [1.82, 2.24) is 19.9 Å². The van der Waals surface area contributed by atoms with Crippen LogP contribution in [0.4, 0.5) is 5.69 Å². The van der Waals surface area contributed by atoms with Crippen molar-refractivity contribution in [3.05, 3.63) is 111 Å². The van der Waals surface area contributed by atoms with Crippen LogP contribution in [0.3, 0.4) is 0 Å². The van der Waals surface area contributed by atoms with E-state index in [-0.39, 0.29) is 12.1 Å². The summed E-state index contributed by atoms with van der Waals surface area (Å²) >= 11 is 9.53. The van der Waals surface area contributed by atoms with Crippen LogP contribution in [-0.4, -0.2) is 19.6 Å². The van der Waals surface area contributed by atoms with Gasteiger partial charge in [-0.1, -0.05) is 28.1 Å². The highest BCUT2D eigenvalue weighted by Gasteiger charge is 2.42. The van der Waals surface area contributed by atoms with Crippen LogP contribution in [0, 0.1) is 20.8 Å². The van der Waals surface area contributed by atoms with Gasteiger partial charge < -0.3 is 14.8 Å². The molecule has 1 saturated heterocycles. The number of nitrogens with zero attached hydrogens (tertiary/aromatic N) is 4. The highest BCUT2D eigenvalue weighted by atomic mass is 79.9. The molecule has 1 aliphatic rings. The fraction of sp³-hybridized carbons (Fsp3) is 0.222. The summed E-state index contributed by atoms with van der Waals surface area (Å²) < 4.78 is 3.44. The van der Waals surface area contributed by atoms with Gasteiger partial charge in [-0.25, -0.2) is 0 Å². The standard InChI is InChI=1S/C27H26BrN5S/c1-17-13-21(9-10-23(17)28)33-26(25(31-27(33)34)24-8-4-5-12-30-24)22-14-18(2)32(19(22)3)16-20-7-6-11-29-15-20/h4-15,25-26H,16H2,1-3H3,(H,31,34)/t25-,26+/m0/s1. The van der Waals surface area contributed by atoms with Crippen molar-refractivity contribution >= 4 is 38.9 Å². The summed E-state index contributed by atoms with van der Waals surface area (Å²) in [4.78, 5) is 11.2. The monoisotopic (exact) mass is 531 g/mol. The van der Waals surface area contributed by atoms with E-state index in [1.165, 1.54) is 28.1 Å². The van der Waals surface area contributed by atoms with Gasteiger partial charge in [0.2, 0.25) is 0 Å². The Morgan fingerprint density at radius 1 is 1.03 bits per heavy atom. The molecular formula is C27H26BrN5S. The predicted molar refractivity (Wildman–Crippen MR) is 144 cm³/mol. The smallest absolute Gasteiger partial charge is 0.174 e. The maximum Gasteiger partial charge on any atom is 0.174 e. The van der Waals surface area contributed by atoms with E-state index in [2.05, 4.69) is 97.9 Å². The van der Waals surface area contributed by atoms with Crippen molar-refractivity contribution < 1.29 is 0 Å². The fourth-order valence-electron chi connectivity index (χ4n) is 4.77. The second-order valence-electron chi connectivity index (χ2n) is 8.70. The molecule has 5 nitrogen and oxygen atoms in total. The number of pyridine rings is 2. The third-order valence-corrected chi connectivity index (χ3v) is 7.72. The Labute approximate surface area is 214 Å². The number of aryl methyl sites for hydroxylation is 2. The third-order valence-electron chi connectivity index (χ3n) is 6.51. The van der Waals surface area contributed by atoms with Crippen LogP contribution >= 0.6 is 28.1 Å². The lowest BCUT2D eigenvalue weighted by Gasteiger charge is -2.28. The van der Waals surface area contributed by atoms with Crippen LogP contribution in [0.1, 0.15) is 45.9 Å². The van der Waals surface area contributed by atoms with Gasteiger partial charge in [0.05, 0.1) is 17.8 Å². The SMILES string of the molecule is Cc1cc(N2C(=S)N[C@@H](c3ccccn3)[C@H]2c2cc(C)n(Cc3cccnc3)c2C)ccc1Br. The van der Waals surface area contributed by atoms with Crippen LogP contribution in [0.15, 0.2) is 77.7 Å². The fourth-order valence-corrected chi connectivity index (χ4v) is 5.36. The summed E-state index contributed by atoms with van der Waals surface area (Å²) in [6, 6.07) is 18.7. The number of benzene rings is 1. The second-order valence-corrected chi connectivity index (χ2v) is 9.95. The molecular weight excluding hydrogens is 506 g/mol. The molecule has 7 heteroatoms. The predicted octanol–water partition coefficient (Wildman–Crippen LogP) is 6.19. The number of halogens is 1. The van der Waals surface area contributed by atoms with Gasteiger partial charge in [-0.15, -0.1) is 0 Å². The Kier molecular flexibility index (Phi) is 6.23. The van der Waals surface area contributed by atoms with Gasteiger partial charge in [0.1, 0.15) is 0 Å². The molecule has 0 spiro atoms. The molecule has 0 unspecified atom stereocenters. The maximum absolute atomic E-state index is 5.90. The summed E-state index contributed by atoms with van der Waals surface area (Å²) in [5.74, 6) is 0. The lowest BCUT2D eigenvalue weighted by Crippen LogP contribution is -2.29. The van der Waals surface area contributed by atoms with Crippen molar-refractivity contribution in [2.75, 3.05) is 4.90 Å². The first-order valence-corrected chi connectivity index (χ1v) is 12.5. The van der Waals surface area contributed by atoms with Crippen LogP contribution in [0.25, 0.3) is 0 Å². The molecule has 1 aromatic carbocycles. The molecule has 0 saturated carbocycles. The maximum atomic E-state index is 5.90. The molecule has 1 N–H and O–H groups in total. The topological polar surface area (TPSA) is 46.0 Å². The number of rotatable bonds is 5. The van der Waals surface area contributed by atoms with Gasteiger partial charge >= 0.3 is 0 Å². The Bertz CT molecular complexity index is 1340. The van der Waals surface area contributed by atoms with Gasteiger partial charge in [0.25, 0.3) is 0 Å². The van der Waals surface area contributed by atoms with Gasteiger partial charge in [0.15, 0.2) is 5.11 Å². The first-order chi connectivity index (χ1) is 16.4. The van der Waals surface area contributed by atoms with Crippen LogP contribution in [-0.2, 0) is 6.54 Å².